The van der Waals surface area contributed by atoms with E-state index < -0.39 is 4.95 Å². The number of hydrogen-bond acceptors (Lipinski definition) is 3. The van der Waals surface area contributed by atoms with E-state index in [1.165, 1.54) is 7.11 Å². The number of anilines is 1. The van der Waals surface area contributed by atoms with Crippen molar-refractivity contribution in [1.29, 1.82) is 0 Å². The number of nitrogens with zero attached hydrogens (tertiary/aromatic N) is 1. The summed E-state index contributed by atoms with van der Waals surface area (Å²) in [6.45, 7) is 0. The van der Waals surface area contributed by atoms with Crippen molar-refractivity contribution in [2.45, 2.75) is 4.95 Å². The molecule has 1 atom stereocenters. The van der Waals surface area contributed by atoms with Gasteiger partial charge in [0.05, 0.1) is 7.11 Å². The van der Waals surface area contributed by atoms with Gasteiger partial charge < -0.3 is 9.64 Å². The first-order chi connectivity index (χ1) is 6.66. The Labute approximate surface area is 91.8 Å². The van der Waals surface area contributed by atoms with E-state index in [2.05, 4.69) is 20.7 Å². The fraction of sp³-hybridized carbons (Fsp3) is 0.300. The van der Waals surface area contributed by atoms with Crippen molar-refractivity contribution in [3.63, 3.8) is 0 Å². The summed E-state index contributed by atoms with van der Waals surface area (Å²) >= 11 is 3.26. The van der Waals surface area contributed by atoms with Gasteiger partial charge in [0.2, 0.25) is 0 Å². The molecular formula is C10H12BrNO2. The molecule has 1 rings (SSSR count). The lowest BCUT2D eigenvalue weighted by Crippen LogP contribution is -2.34. The van der Waals surface area contributed by atoms with Crippen LogP contribution in [-0.4, -0.2) is 25.1 Å². The zero-order valence-electron chi connectivity index (χ0n) is 8.11. The second kappa shape index (κ2) is 5.00. The van der Waals surface area contributed by atoms with Crippen LogP contribution in [0.4, 0.5) is 5.69 Å². The molecule has 0 aromatic heterocycles. The van der Waals surface area contributed by atoms with Crippen LogP contribution in [0.5, 0.6) is 0 Å². The smallest absolute Gasteiger partial charge is 0.339 e. The van der Waals surface area contributed by atoms with Gasteiger partial charge in [-0.05, 0) is 12.1 Å². The van der Waals surface area contributed by atoms with Crippen LogP contribution in [0, 0.1) is 0 Å². The summed E-state index contributed by atoms with van der Waals surface area (Å²) < 4.78 is 4.63. The molecule has 0 radical (unpaired) electrons. The number of carbonyl (C=O) groups excluding carboxylic acids is 1. The zero-order valence-corrected chi connectivity index (χ0v) is 9.69. The molecule has 76 valence electrons. The van der Waals surface area contributed by atoms with E-state index in [-0.39, 0.29) is 5.97 Å². The number of carbonyl (C=O) groups is 1. The largest absolute Gasteiger partial charge is 0.467 e. The summed E-state index contributed by atoms with van der Waals surface area (Å²) in [4.78, 5) is 12.6. The van der Waals surface area contributed by atoms with Gasteiger partial charge in [-0.25, -0.2) is 4.79 Å². The third-order valence-electron chi connectivity index (χ3n) is 1.90. The maximum absolute atomic E-state index is 11.2. The Morgan fingerprint density at radius 3 is 2.50 bits per heavy atom. The van der Waals surface area contributed by atoms with Crippen molar-refractivity contribution in [1.82, 2.24) is 0 Å². The van der Waals surface area contributed by atoms with Gasteiger partial charge in [0.25, 0.3) is 0 Å². The topological polar surface area (TPSA) is 29.5 Å². The molecule has 3 nitrogen and oxygen atoms in total. The molecule has 0 saturated heterocycles. The first-order valence-electron chi connectivity index (χ1n) is 4.16. The Bertz CT molecular complexity index is 302. The predicted octanol–water partition coefficient (Wildman–Crippen LogP) is 2.02. The maximum Gasteiger partial charge on any atom is 0.339 e. The molecule has 0 aliphatic heterocycles. The molecule has 0 aliphatic rings. The first-order valence-corrected chi connectivity index (χ1v) is 5.08. The highest BCUT2D eigenvalue weighted by molar-refractivity contribution is 9.10. The Morgan fingerprint density at radius 2 is 2.00 bits per heavy atom. The van der Waals surface area contributed by atoms with Crippen molar-refractivity contribution in [3.05, 3.63) is 30.3 Å². The van der Waals surface area contributed by atoms with E-state index in [1.807, 2.05) is 37.4 Å². The number of para-hydroxylation sites is 1. The summed E-state index contributed by atoms with van der Waals surface area (Å²) in [6, 6.07) is 9.62. The van der Waals surface area contributed by atoms with Crippen molar-refractivity contribution >= 4 is 27.6 Å². The first kappa shape index (κ1) is 11.0. The van der Waals surface area contributed by atoms with Crippen LogP contribution in [0.15, 0.2) is 30.3 Å². The fourth-order valence-corrected chi connectivity index (χ4v) is 1.47. The summed E-state index contributed by atoms with van der Waals surface area (Å²) in [7, 11) is 3.20. The number of ether oxygens (including phenoxy) is 1. The van der Waals surface area contributed by atoms with E-state index in [1.54, 1.807) is 4.90 Å². The Hall–Kier alpha value is -1.03. The van der Waals surface area contributed by atoms with Gasteiger partial charge in [0.15, 0.2) is 4.95 Å². The number of rotatable bonds is 3. The SMILES string of the molecule is COC(=O)C(Br)N(C)c1ccccc1. The Kier molecular flexibility index (Phi) is 3.95. The minimum absolute atomic E-state index is 0.309. The second-order valence-electron chi connectivity index (χ2n) is 2.81. The summed E-state index contributed by atoms with van der Waals surface area (Å²) in [5.74, 6) is -0.309. The van der Waals surface area contributed by atoms with Gasteiger partial charge in [0, 0.05) is 12.7 Å². The molecule has 0 N–H and O–H groups in total. The van der Waals surface area contributed by atoms with Crippen LogP contribution in [0.25, 0.3) is 0 Å². The molecule has 14 heavy (non-hydrogen) atoms. The quantitative estimate of drug-likeness (QED) is 0.472. The fourth-order valence-electron chi connectivity index (χ4n) is 1.05. The number of likely N-dealkylation sites (N-methyl/N-ethyl adjacent to an activating group) is 1. The van der Waals surface area contributed by atoms with Gasteiger partial charge in [-0.3, -0.25) is 0 Å². The van der Waals surface area contributed by atoms with Crippen molar-refractivity contribution < 1.29 is 9.53 Å². The second-order valence-corrected chi connectivity index (χ2v) is 3.67. The molecule has 0 heterocycles. The molecule has 0 spiro atoms. The van der Waals surface area contributed by atoms with Crippen molar-refractivity contribution in [2.75, 3.05) is 19.1 Å². The average molecular weight is 258 g/mol. The third kappa shape index (κ3) is 2.48. The molecule has 1 unspecified atom stereocenters. The molecule has 0 saturated carbocycles. The van der Waals surface area contributed by atoms with Crippen LogP contribution in [0.2, 0.25) is 0 Å². The molecule has 4 heteroatoms. The molecule has 1 aromatic rings. The van der Waals surface area contributed by atoms with Crippen LogP contribution >= 0.6 is 15.9 Å². The normalized spacial score (nSPS) is 11.9. The van der Waals surface area contributed by atoms with Gasteiger partial charge >= 0.3 is 5.97 Å². The Morgan fingerprint density at radius 1 is 1.43 bits per heavy atom. The summed E-state index contributed by atoms with van der Waals surface area (Å²) in [5, 5.41) is 0. The minimum Gasteiger partial charge on any atom is -0.467 e. The average Bonchev–Trinajstić information content (AvgIpc) is 2.27. The van der Waals surface area contributed by atoms with Gasteiger partial charge in [0.1, 0.15) is 0 Å². The van der Waals surface area contributed by atoms with E-state index >= 15 is 0 Å². The molecule has 1 aromatic carbocycles. The minimum atomic E-state index is -0.449. The molecule has 0 amide bonds. The van der Waals surface area contributed by atoms with Crippen LogP contribution in [-0.2, 0) is 9.53 Å². The van der Waals surface area contributed by atoms with Crippen LogP contribution in [0.1, 0.15) is 0 Å². The molecule has 0 fully saturated rings. The number of hydrogen-bond donors (Lipinski definition) is 0. The predicted molar refractivity (Wildman–Crippen MR) is 59.6 cm³/mol. The number of alkyl halides is 1. The summed E-state index contributed by atoms with van der Waals surface area (Å²) in [5.41, 5.74) is 0.958. The lowest BCUT2D eigenvalue weighted by molar-refractivity contribution is -0.139. The van der Waals surface area contributed by atoms with Gasteiger partial charge in [-0.2, -0.15) is 0 Å². The highest BCUT2D eigenvalue weighted by atomic mass is 79.9. The number of esters is 1. The van der Waals surface area contributed by atoms with E-state index in [4.69, 9.17) is 0 Å². The standard InChI is InChI=1S/C10H12BrNO2/c1-12(9(11)10(13)14-2)8-6-4-3-5-7-8/h3-7,9H,1-2H3. The lowest BCUT2D eigenvalue weighted by Gasteiger charge is -2.23. The molecular weight excluding hydrogens is 246 g/mol. The number of benzene rings is 1. The zero-order chi connectivity index (χ0) is 10.6. The van der Waals surface area contributed by atoms with E-state index in [9.17, 15) is 4.79 Å². The Balaban J connectivity index is 2.75. The highest BCUT2D eigenvalue weighted by Gasteiger charge is 2.20. The van der Waals surface area contributed by atoms with Crippen molar-refractivity contribution in [2.24, 2.45) is 0 Å². The lowest BCUT2D eigenvalue weighted by atomic mass is 10.3. The van der Waals surface area contributed by atoms with Crippen molar-refractivity contribution in [3.8, 4) is 0 Å². The molecule has 0 bridgehead atoms. The number of halogens is 1. The van der Waals surface area contributed by atoms with E-state index in [0.29, 0.717) is 0 Å². The monoisotopic (exact) mass is 257 g/mol. The maximum atomic E-state index is 11.2. The van der Waals surface area contributed by atoms with Gasteiger partial charge in [-0.15, -0.1) is 0 Å². The van der Waals surface area contributed by atoms with Crippen LogP contribution in [0.3, 0.4) is 0 Å². The summed E-state index contributed by atoms with van der Waals surface area (Å²) in [6.07, 6.45) is 0. The van der Waals surface area contributed by atoms with Gasteiger partial charge in [-0.1, -0.05) is 34.1 Å². The highest BCUT2D eigenvalue weighted by Crippen LogP contribution is 2.18. The number of methoxy groups -OCH3 is 1. The third-order valence-corrected chi connectivity index (χ3v) is 2.89. The van der Waals surface area contributed by atoms with E-state index in [0.717, 1.165) is 5.69 Å². The molecule has 0 aliphatic carbocycles. The van der Waals surface area contributed by atoms with Crippen LogP contribution < -0.4 is 4.90 Å².